The van der Waals surface area contributed by atoms with Gasteiger partial charge < -0.3 is 11.1 Å². The quantitative estimate of drug-likeness (QED) is 0.761. The van der Waals surface area contributed by atoms with Crippen LogP contribution in [0.4, 0.5) is 5.82 Å². The Morgan fingerprint density at radius 2 is 1.90 bits per heavy atom. The number of nitrogen functional groups attached to an aromatic ring is 1. The topological polar surface area (TPSA) is 87.4 Å². The average molecular weight is 409 g/mol. The van der Waals surface area contributed by atoms with Crippen molar-refractivity contribution in [2.45, 2.75) is 44.8 Å². The third-order valence-corrected chi connectivity index (χ3v) is 6.39. The van der Waals surface area contributed by atoms with Gasteiger partial charge in [-0.2, -0.15) is 0 Å². The standard InChI is InChI=1S/C23H32N6O/c24-22-18(5-3-11-26-22)16-28-13-8-21(9-14-28)29-12-4-6-19(17-29)23(30)27-15-20-7-1-2-10-25-20/h1-3,5,7,10-11,19,21H,4,6,8-9,12-17H2,(H2,24,26)(H,27,30)/t19-/m0/s1. The fourth-order valence-corrected chi connectivity index (χ4v) is 4.64. The van der Waals surface area contributed by atoms with E-state index in [4.69, 9.17) is 5.73 Å². The van der Waals surface area contributed by atoms with E-state index in [0.29, 0.717) is 18.4 Å². The molecular formula is C23H32N6O. The largest absolute Gasteiger partial charge is 0.383 e. The minimum Gasteiger partial charge on any atom is -0.383 e. The Labute approximate surface area is 178 Å². The summed E-state index contributed by atoms with van der Waals surface area (Å²) in [5.41, 5.74) is 8.01. The average Bonchev–Trinajstić information content (AvgIpc) is 2.80. The van der Waals surface area contributed by atoms with Crippen molar-refractivity contribution in [1.29, 1.82) is 0 Å². The molecule has 3 N–H and O–H groups in total. The van der Waals surface area contributed by atoms with Gasteiger partial charge in [0.2, 0.25) is 5.91 Å². The second kappa shape index (κ2) is 10.00. The van der Waals surface area contributed by atoms with Crippen molar-refractivity contribution in [2.24, 2.45) is 5.92 Å². The molecule has 1 amide bonds. The molecular weight excluding hydrogens is 376 g/mol. The summed E-state index contributed by atoms with van der Waals surface area (Å²) in [6.07, 6.45) is 7.85. The molecule has 4 heterocycles. The molecule has 0 radical (unpaired) electrons. The number of hydrogen-bond donors (Lipinski definition) is 2. The highest BCUT2D eigenvalue weighted by Crippen LogP contribution is 2.25. The number of anilines is 1. The van der Waals surface area contributed by atoms with E-state index in [9.17, 15) is 4.79 Å². The molecule has 2 aliphatic heterocycles. The number of nitrogens with two attached hydrogens (primary N) is 1. The fourth-order valence-electron chi connectivity index (χ4n) is 4.64. The normalized spacial score (nSPS) is 21.4. The van der Waals surface area contributed by atoms with Crippen LogP contribution in [-0.4, -0.2) is 57.9 Å². The molecule has 0 bridgehead atoms. The summed E-state index contributed by atoms with van der Waals surface area (Å²) in [6, 6.07) is 10.4. The van der Waals surface area contributed by atoms with Crippen LogP contribution in [0.15, 0.2) is 42.7 Å². The lowest BCUT2D eigenvalue weighted by atomic mass is 9.93. The first-order valence-corrected chi connectivity index (χ1v) is 11.0. The van der Waals surface area contributed by atoms with Gasteiger partial charge in [-0.3, -0.25) is 19.6 Å². The summed E-state index contributed by atoms with van der Waals surface area (Å²) in [5.74, 6) is 0.876. The van der Waals surface area contributed by atoms with E-state index in [0.717, 1.165) is 69.7 Å². The summed E-state index contributed by atoms with van der Waals surface area (Å²) in [4.78, 5) is 26.2. The molecule has 2 aliphatic rings. The first kappa shape index (κ1) is 20.8. The lowest BCUT2D eigenvalue weighted by Crippen LogP contribution is -2.50. The summed E-state index contributed by atoms with van der Waals surface area (Å²) in [5, 5.41) is 3.08. The number of nitrogens with zero attached hydrogens (tertiary/aromatic N) is 4. The molecule has 1 atom stereocenters. The van der Waals surface area contributed by atoms with Crippen LogP contribution in [0.5, 0.6) is 0 Å². The van der Waals surface area contributed by atoms with E-state index in [1.165, 1.54) is 0 Å². The monoisotopic (exact) mass is 408 g/mol. The minimum atomic E-state index is 0.0793. The fraction of sp³-hybridized carbons (Fsp3) is 0.522. The van der Waals surface area contributed by atoms with E-state index in [1.807, 2.05) is 24.3 Å². The number of carbonyl (C=O) groups excluding carboxylic acids is 1. The van der Waals surface area contributed by atoms with Crippen LogP contribution in [0.1, 0.15) is 36.9 Å². The molecule has 2 aromatic rings. The molecule has 2 aromatic heterocycles. The molecule has 7 heteroatoms. The van der Waals surface area contributed by atoms with Crippen molar-refractivity contribution in [3.63, 3.8) is 0 Å². The molecule has 4 rings (SSSR count). The van der Waals surface area contributed by atoms with Crippen LogP contribution in [0.25, 0.3) is 0 Å². The zero-order valence-electron chi connectivity index (χ0n) is 17.5. The van der Waals surface area contributed by atoms with Crippen molar-refractivity contribution in [3.05, 3.63) is 54.0 Å². The van der Waals surface area contributed by atoms with Crippen LogP contribution in [0.3, 0.4) is 0 Å². The van der Waals surface area contributed by atoms with Crippen LogP contribution < -0.4 is 11.1 Å². The number of likely N-dealkylation sites (tertiary alicyclic amines) is 2. The van der Waals surface area contributed by atoms with Gasteiger partial charge in [0.1, 0.15) is 5.82 Å². The molecule has 2 fully saturated rings. The Balaban J connectivity index is 1.24. The van der Waals surface area contributed by atoms with Gasteiger partial charge in [-0.25, -0.2) is 4.98 Å². The Hall–Kier alpha value is -2.51. The summed E-state index contributed by atoms with van der Waals surface area (Å²) < 4.78 is 0. The van der Waals surface area contributed by atoms with Gasteiger partial charge in [0.15, 0.2) is 0 Å². The number of pyridine rings is 2. The Bertz CT molecular complexity index is 821. The van der Waals surface area contributed by atoms with Crippen LogP contribution >= 0.6 is 0 Å². The highest BCUT2D eigenvalue weighted by molar-refractivity contribution is 5.78. The molecule has 0 unspecified atom stereocenters. The number of carbonyl (C=O) groups is 1. The zero-order chi connectivity index (χ0) is 20.8. The molecule has 0 aliphatic carbocycles. The van der Waals surface area contributed by atoms with Crippen molar-refractivity contribution >= 4 is 11.7 Å². The molecule has 0 saturated carbocycles. The predicted molar refractivity (Wildman–Crippen MR) is 117 cm³/mol. The van der Waals surface area contributed by atoms with Crippen molar-refractivity contribution in [3.8, 4) is 0 Å². The SMILES string of the molecule is Nc1ncccc1CN1CCC(N2CCC[C@H](C(=O)NCc3ccccn3)C2)CC1. The van der Waals surface area contributed by atoms with Gasteiger partial charge in [0.25, 0.3) is 0 Å². The maximum absolute atomic E-state index is 12.7. The Kier molecular flexibility index (Phi) is 6.92. The Morgan fingerprint density at radius 1 is 1.07 bits per heavy atom. The maximum atomic E-state index is 12.7. The van der Waals surface area contributed by atoms with Crippen molar-refractivity contribution in [2.75, 3.05) is 31.9 Å². The van der Waals surface area contributed by atoms with Crippen LogP contribution in [-0.2, 0) is 17.9 Å². The van der Waals surface area contributed by atoms with Crippen molar-refractivity contribution < 1.29 is 4.79 Å². The van der Waals surface area contributed by atoms with Gasteiger partial charge in [-0.1, -0.05) is 12.1 Å². The second-order valence-electron chi connectivity index (χ2n) is 8.43. The third-order valence-electron chi connectivity index (χ3n) is 6.39. The molecule has 0 aromatic carbocycles. The highest BCUT2D eigenvalue weighted by Gasteiger charge is 2.31. The van der Waals surface area contributed by atoms with Gasteiger partial charge in [0, 0.05) is 37.1 Å². The summed E-state index contributed by atoms with van der Waals surface area (Å²) in [7, 11) is 0. The number of aromatic nitrogens is 2. The molecule has 0 spiro atoms. The summed E-state index contributed by atoms with van der Waals surface area (Å²) >= 11 is 0. The van der Waals surface area contributed by atoms with E-state index in [2.05, 4.69) is 31.2 Å². The number of hydrogen-bond acceptors (Lipinski definition) is 6. The van der Waals surface area contributed by atoms with E-state index < -0.39 is 0 Å². The van der Waals surface area contributed by atoms with Gasteiger partial charge in [-0.15, -0.1) is 0 Å². The summed E-state index contributed by atoms with van der Waals surface area (Å²) in [6.45, 7) is 5.47. The molecule has 2 saturated heterocycles. The van der Waals surface area contributed by atoms with Gasteiger partial charge in [-0.05, 0) is 63.5 Å². The zero-order valence-corrected chi connectivity index (χ0v) is 17.5. The lowest BCUT2D eigenvalue weighted by molar-refractivity contribution is -0.127. The smallest absolute Gasteiger partial charge is 0.224 e. The maximum Gasteiger partial charge on any atom is 0.224 e. The predicted octanol–water partition coefficient (Wildman–Crippen LogP) is 2.05. The van der Waals surface area contributed by atoms with Crippen LogP contribution in [0, 0.1) is 5.92 Å². The first-order chi connectivity index (χ1) is 14.7. The first-order valence-electron chi connectivity index (χ1n) is 11.0. The van der Waals surface area contributed by atoms with E-state index in [-0.39, 0.29) is 11.8 Å². The second-order valence-corrected chi connectivity index (χ2v) is 8.43. The van der Waals surface area contributed by atoms with Gasteiger partial charge >= 0.3 is 0 Å². The number of nitrogens with one attached hydrogen (secondary N) is 1. The number of amides is 1. The Morgan fingerprint density at radius 3 is 2.67 bits per heavy atom. The van der Waals surface area contributed by atoms with E-state index >= 15 is 0 Å². The lowest BCUT2D eigenvalue weighted by Gasteiger charge is -2.42. The van der Waals surface area contributed by atoms with E-state index in [1.54, 1.807) is 12.4 Å². The number of piperidine rings is 2. The minimum absolute atomic E-state index is 0.0793. The number of rotatable bonds is 6. The molecule has 30 heavy (non-hydrogen) atoms. The van der Waals surface area contributed by atoms with Gasteiger partial charge in [0.05, 0.1) is 18.2 Å². The third kappa shape index (κ3) is 5.34. The highest BCUT2D eigenvalue weighted by atomic mass is 16.1. The molecule has 160 valence electrons. The van der Waals surface area contributed by atoms with Crippen molar-refractivity contribution in [1.82, 2.24) is 25.1 Å². The molecule has 7 nitrogen and oxygen atoms in total. The van der Waals surface area contributed by atoms with Crippen LogP contribution in [0.2, 0.25) is 0 Å².